The molecule has 0 bridgehead atoms. The van der Waals surface area contributed by atoms with E-state index in [-0.39, 0.29) is 20.1 Å². The van der Waals surface area contributed by atoms with Gasteiger partial charge >= 0.3 is 0 Å². The van der Waals surface area contributed by atoms with Crippen LogP contribution in [0.1, 0.15) is 43.4 Å². The second-order valence-corrected chi connectivity index (χ2v) is 18.3. The monoisotopic (exact) mass is 774 g/mol. The maximum atomic E-state index is 8.34. The van der Waals surface area contributed by atoms with E-state index in [0.29, 0.717) is 0 Å². The number of thiophene rings is 1. The summed E-state index contributed by atoms with van der Waals surface area (Å²) in [5, 5.41) is 2.71. The predicted molar refractivity (Wildman–Crippen MR) is 182 cm³/mol. The molecule has 0 aliphatic heterocycles. The van der Waals surface area contributed by atoms with Crippen molar-refractivity contribution in [2.45, 2.75) is 52.7 Å². The van der Waals surface area contributed by atoms with Crippen LogP contribution < -0.4 is 5.19 Å². The third-order valence-electron chi connectivity index (χ3n) is 7.84. The Bertz CT molecular complexity index is 1920. The number of rotatable bonds is 4. The number of hydrogen-bond donors (Lipinski definition) is 0. The fourth-order valence-electron chi connectivity index (χ4n) is 5.37. The molecule has 1 aliphatic rings. The van der Waals surface area contributed by atoms with Crippen LogP contribution in [0.15, 0.2) is 91.3 Å². The maximum absolute atomic E-state index is 8.34. The van der Waals surface area contributed by atoms with Gasteiger partial charge in [0.15, 0.2) is 0 Å². The van der Waals surface area contributed by atoms with Gasteiger partial charge in [-0.3, -0.25) is 0 Å². The quantitative estimate of drug-likeness (QED) is 0.132. The minimum atomic E-state index is -1.23. The fraction of sp³-hybridized carbons (Fsp3) is 0.211. The van der Waals surface area contributed by atoms with E-state index in [1.54, 1.807) is 0 Å². The van der Waals surface area contributed by atoms with Gasteiger partial charge in [-0.25, -0.2) is 0 Å². The second-order valence-electron chi connectivity index (χ2n) is 12.2. The van der Waals surface area contributed by atoms with E-state index in [2.05, 4.69) is 85.1 Å². The molecule has 0 saturated carbocycles. The Kier molecular flexibility index (Phi) is 8.88. The molecule has 7 rings (SSSR count). The molecule has 3 aromatic carbocycles. The van der Waals surface area contributed by atoms with Crippen LogP contribution >= 0.6 is 11.3 Å². The summed E-state index contributed by atoms with van der Waals surface area (Å²) in [6.45, 7) is 13.0. The third-order valence-corrected chi connectivity index (χ3v) is 11.2. The average molecular weight is 774 g/mol. The number of aromatic nitrogens is 2. The average Bonchev–Trinajstić information content (AvgIpc) is 3.53. The number of nitrogens with zero attached hydrogens (tertiary/aromatic N) is 2. The summed E-state index contributed by atoms with van der Waals surface area (Å²) in [6.07, 6.45) is 4.83. The molecular formula is C38H36IrN2SSi-2. The van der Waals surface area contributed by atoms with Gasteiger partial charge in [-0.05, 0) is 63.3 Å². The Labute approximate surface area is 276 Å². The van der Waals surface area contributed by atoms with Crippen molar-refractivity contribution in [2.75, 3.05) is 0 Å². The van der Waals surface area contributed by atoms with Crippen molar-refractivity contribution in [3.05, 3.63) is 126 Å². The largest absolute Gasteiger partial charge is 0.305 e. The molecule has 3 aromatic heterocycles. The molecule has 0 N–H and O–H groups in total. The summed E-state index contributed by atoms with van der Waals surface area (Å²) in [4.78, 5) is 10.5. The molecular weight excluding hydrogens is 737 g/mol. The van der Waals surface area contributed by atoms with Crippen molar-refractivity contribution in [3.63, 3.8) is 0 Å². The van der Waals surface area contributed by atoms with Crippen molar-refractivity contribution in [2.24, 2.45) is 0 Å². The van der Waals surface area contributed by atoms with Crippen molar-refractivity contribution >= 4 is 34.7 Å². The summed E-state index contributed by atoms with van der Waals surface area (Å²) in [5.74, 6) is -0.640. The van der Waals surface area contributed by atoms with Gasteiger partial charge in [0, 0.05) is 38.7 Å². The molecule has 0 unspecified atom stereocenters. The van der Waals surface area contributed by atoms with Gasteiger partial charge in [-0.15, -0.1) is 59.7 Å². The van der Waals surface area contributed by atoms with Crippen LogP contribution in [0.2, 0.25) is 19.6 Å². The normalized spacial score (nSPS) is 12.5. The first-order valence-corrected chi connectivity index (χ1v) is 18.8. The van der Waals surface area contributed by atoms with Crippen LogP contribution in [-0.2, 0) is 26.5 Å². The Morgan fingerprint density at radius 2 is 1.74 bits per heavy atom. The third kappa shape index (κ3) is 6.51. The molecule has 1 aliphatic carbocycles. The molecule has 0 amide bonds. The molecule has 219 valence electrons. The van der Waals surface area contributed by atoms with E-state index in [1.807, 2.05) is 80.0 Å². The molecule has 1 radical (unpaired) electrons. The van der Waals surface area contributed by atoms with Crippen LogP contribution in [0.3, 0.4) is 0 Å². The Morgan fingerprint density at radius 3 is 2.44 bits per heavy atom. The summed E-state index contributed by atoms with van der Waals surface area (Å²) in [7, 11) is -1.23. The van der Waals surface area contributed by atoms with Crippen molar-refractivity contribution < 1.29 is 21.5 Å². The SMILES string of the molecule is C[Si](C)(C)c1ccc(-c2[c-]cccc2)nc1.[2H]C(C)(C)c1ccnc(-c2[c-]ccc3c4c(sc23)-c2cc(C)ccc2C4)c1.[Ir]. The van der Waals surface area contributed by atoms with E-state index in [0.717, 1.165) is 34.5 Å². The van der Waals surface area contributed by atoms with Crippen LogP contribution in [-0.4, -0.2) is 18.0 Å². The first-order valence-electron chi connectivity index (χ1n) is 15.0. The number of fused-ring (bicyclic) bond motifs is 5. The van der Waals surface area contributed by atoms with Gasteiger partial charge in [0.1, 0.15) is 0 Å². The van der Waals surface area contributed by atoms with Gasteiger partial charge in [0.05, 0.1) is 8.07 Å². The minimum absolute atomic E-state index is 0. The summed E-state index contributed by atoms with van der Waals surface area (Å²) < 4.78 is 9.59. The van der Waals surface area contributed by atoms with Gasteiger partial charge in [-0.1, -0.05) is 86.4 Å². The van der Waals surface area contributed by atoms with Gasteiger partial charge < -0.3 is 9.97 Å². The van der Waals surface area contributed by atoms with Crippen molar-refractivity contribution in [3.8, 4) is 33.0 Å². The van der Waals surface area contributed by atoms with Gasteiger partial charge in [0.25, 0.3) is 0 Å². The van der Waals surface area contributed by atoms with E-state index >= 15 is 0 Å². The Balaban J connectivity index is 0.000000194. The van der Waals surface area contributed by atoms with Gasteiger partial charge in [-0.2, -0.15) is 11.3 Å². The predicted octanol–water partition coefficient (Wildman–Crippen LogP) is 9.86. The van der Waals surface area contributed by atoms with Crippen LogP contribution in [0.4, 0.5) is 0 Å². The van der Waals surface area contributed by atoms with Crippen LogP contribution in [0, 0.1) is 19.1 Å². The second kappa shape index (κ2) is 12.8. The van der Waals surface area contributed by atoms with Crippen LogP contribution in [0.5, 0.6) is 0 Å². The summed E-state index contributed by atoms with van der Waals surface area (Å²) >= 11 is 1.85. The summed E-state index contributed by atoms with van der Waals surface area (Å²) in [5.41, 5.74) is 10.5. The summed E-state index contributed by atoms with van der Waals surface area (Å²) in [6, 6.07) is 33.8. The molecule has 0 spiro atoms. The minimum Gasteiger partial charge on any atom is -0.305 e. The fourth-order valence-corrected chi connectivity index (χ4v) is 7.78. The molecule has 2 nitrogen and oxygen atoms in total. The van der Waals surface area contributed by atoms with Gasteiger partial charge in [0.2, 0.25) is 0 Å². The maximum Gasteiger partial charge on any atom is 0.0795 e. The topological polar surface area (TPSA) is 25.8 Å². The Morgan fingerprint density at radius 1 is 0.907 bits per heavy atom. The first kappa shape index (κ1) is 29.8. The van der Waals surface area contributed by atoms with E-state index in [1.165, 1.54) is 42.4 Å². The molecule has 0 saturated heterocycles. The molecule has 6 aromatic rings. The van der Waals surface area contributed by atoms with E-state index in [9.17, 15) is 0 Å². The zero-order chi connectivity index (χ0) is 30.4. The molecule has 0 fully saturated rings. The molecule has 43 heavy (non-hydrogen) atoms. The van der Waals surface area contributed by atoms with E-state index in [4.69, 9.17) is 1.37 Å². The first-order chi connectivity index (χ1) is 20.5. The zero-order valence-corrected chi connectivity index (χ0v) is 29.7. The standard InChI is InChI=1S/C24H20NS.C14H16NSi.Ir/c1-14(2)16-9-10-25-22(13-16)19-6-4-5-18-21-12-17-8-7-15(3)11-20(17)24(21)26-23(18)19;1-16(2,3)13-9-10-14(15-11-13)12-7-5-4-6-8-12;/h4-5,7-11,13-14H,12H2,1-3H3;4-7,9-11H,1-3H3;/q2*-1;/i14D;;. The molecule has 3 heterocycles. The number of hydrogen-bond acceptors (Lipinski definition) is 3. The molecule has 0 atom stereocenters. The molecule has 5 heteroatoms. The Hall–Kier alpha value is -3.21. The zero-order valence-electron chi connectivity index (χ0n) is 26.5. The van der Waals surface area contributed by atoms with Crippen molar-refractivity contribution in [1.29, 1.82) is 0 Å². The van der Waals surface area contributed by atoms with E-state index < -0.39 is 14.0 Å². The number of aryl methyl sites for hydroxylation is 1. The number of pyridine rings is 2. The smallest absolute Gasteiger partial charge is 0.0795 e. The number of benzene rings is 3. The van der Waals surface area contributed by atoms with Crippen molar-refractivity contribution in [1.82, 2.24) is 9.97 Å². The van der Waals surface area contributed by atoms with Crippen LogP contribution in [0.25, 0.3) is 43.0 Å².